The second-order valence-electron chi connectivity index (χ2n) is 5.80. The molecule has 17 heavy (non-hydrogen) atoms. The number of nitrogens with zero attached hydrogens (tertiary/aromatic N) is 1. The van der Waals surface area contributed by atoms with Crippen LogP contribution < -0.4 is 10.6 Å². The number of rotatable bonds is 2. The summed E-state index contributed by atoms with van der Waals surface area (Å²) >= 11 is 0. The van der Waals surface area contributed by atoms with E-state index in [1.54, 1.807) is 6.07 Å². The number of para-hydroxylation sites is 1. The van der Waals surface area contributed by atoms with Gasteiger partial charge >= 0.3 is 0 Å². The summed E-state index contributed by atoms with van der Waals surface area (Å²) in [7, 11) is 0. The Morgan fingerprint density at radius 2 is 2.12 bits per heavy atom. The summed E-state index contributed by atoms with van der Waals surface area (Å²) in [6, 6.07) is 5.05. The SMILES string of the molecule is C[C@H](N)c1cccc(F)c1N1CCC(C)(C)C1. The van der Waals surface area contributed by atoms with Gasteiger partial charge in [0.1, 0.15) is 5.82 Å². The zero-order valence-electron chi connectivity index (χ0n) is 10.8. The highest BCUT2D eigenvalue weighted by atomic mass is 19.1. The quantitative estimate of drug-likeness (QED) is 0.855. The van der Waals surface area contributed by atoms with Gasteiger partial charge in [0.2, 0.25) is 0 Å². The van der Waals surface area contributed by atoms with Crippen molar-refractivity contribution in [1.82, 2.24) is 0 Å². The largest absolute Gasteiger partial charge is 0.368 e. The van der Waals surface area contributed by atoms with Crippen molar-refractivity contribution in [2.24, 2.45) is 11.1 Å². The lowest BCUT2D eigenvalue weighted by molar-refractivity contribution is 0.418. The second kappa shape index (κ2) is 4.30. The van der Waals surface area contributed by atoms with Crippen LogP contribution >= 0.6 is 0 Å². The Morgan fingerprint density at radius 3 is 2.65 bits per heavy atom. The molecule has 1 aliphatic rings. The van der Waals surface area contributed by atoms with Crippen molar-refractivity contribution < 1.29 is 4.39 Å². The van der Waals surface area contributed by atoms with Crippen molar-refractivity contribution in [2.75, 3.05) is 18.0 Å². The molecular formula is C14H21FN2. The fourth-order valence-corrected chi connectivity index (χ4v) is 2.54. The van der Waals surface area contributed by atoms with E-state index < -0.39 is 0 Å². The Kier molecular flexibility index (Phi) is 3.13. The maximum Gasteiger partial charge on any atom is 0.146 e. The van der Waals surface area contributed by atoms with E-state index in [2.05, 4.69) is 18.7 Å². The van der Waals surface area contributed by atoms with Crippen molar-refractivity contribution in [2.45, 2.75) is 33.2 Å². The van der Waals surface area contributed by atoms with Crippen LogP contribution in [0.3, 0.4) is 0 Å². The van der Waals surface area contributed by atoms with Crippen LogP contribution in [0.1, 0.15) is 38.8 Å². The Morgan fingerprint density at radius 1 is 1.41 bits per heavy atom. The fourth-order valence-electron chi connectivity index (χ4n) is 2.54. The van der Waals surface area contributed by atoms with Crippen LogP contribution in [-0.2, 0) is 0 Å². The molecule has 2 rings (SSSR count). The first kappa shape index (κ1) is 12.4. The highest BCUT2D eigenvalue weighted by Gasteiger charge is 2.31. The van der Waals surface area contributed by atoms with Gasteiger partial charge in [-0.05, 0) is 30.4 Å². The van der Waals surface area contributed by atoms with E-state index in [9.17, 15) is 4.39 Å². The van der Waals surface area contributed by atoms with Gasteiger partial charge in [0, 0.05) is 19.1 Å². The molecule has 1 fully saturated rings. The molecule has 0 radical (unpaired) electrons. The van der Waals surface area contributed by atoms with E-state index in [4.69, 9.17) is 5.73 Å². The van der Waals surface area contributed by atoms with Crippen LogP contribution in [0.4, 0.5) is 10.1 Å². The molecule has 0 aliphatic carbocycles. The van der Waals surface area contributed by atoms with E-state index in [1.165, 1.54) is 6.07 Å². The summed E-state index contributed by atoms with van der Waals surface area (Å²) in [6.07, 6.45) is 1.10. The summed E-state index contributed by atoms with van der Waals surface area (Å²) < 4.78 is 14.0. The van der Waals surface area contributed by atoms with E-state index in [0.717, 1.165) is 25.1 Å². The molecule has 1 aromatic rings. The fraction of sp³-hybridized carbons (Fsp3) is 0.571. The number of hydrogen-bond donors (Lipinski definition) is 1. The van der Waals surface area contributed by atoms with Crippen molar-refractivity contribution >= 4 is 5.69 Å². The molecule has 2 N–H and O–H groups in total. The first-order chi connectivity index (χ1) is 7.91. The molecule has 1 atom stereocenters. The molecule has 1 aromatic carbocycles. The minimum absolute atomic E-state index is 0.135. The van der Waals surface area contributed by atoms with Gasteiger partial charge in [-0.3, -0.25) is 0 Å². The van der Waals surface area contributed by atoms with E-state index in [0.29, 0.717) is 5.69 Å². The maximum atomic E-state index is 14.0. The molecule has 3 heteroatoms. The first-order valence-corrected chi connectivity index (χ1v) is 6.20. The molecule has 94 valence electrons. The Hall–Kier alpha value is -1.09. The number of benzene rings is 1. The monoisotopic (exact) mass is 236 g/mol. The van der Waals surface area contributed by atoms with Crippen LogP contribution in [0.2, 0.25) is 0 Å². The standard InChI is InChI=1S/C14H21FN2/c1-10(16)11-5-4-6-12(15)13(11)17-8-7-14(2,3)9-17/h4-6,10H,7-9,16H2,1-3H3/t10-/m0/s1. The molecule has 1 saturated heterocycles. The van der Waals surface area contributed by atoms with Crippen molar-refractivity contribution in [3.63, 3.8) is 0 Å². The lowest BCUT2D eigenvalue weighted by Crippen LogP contribution is -2.26. The van der Waals surface area contributed by atoms with Crippen LogP contribution in [0.5, 0.6) is 0 Å². The minimum atomic E-state index is -0.155. The van der Waals surface area contributed by atoms with Gasteiger partial charge < -0.3 is 10.6 Å². The third kappa shape index (κ3) is 2.44. The summed E-state index contributed by atoms with van der Waals surface area (Å²) in [5, 5.41) is 0. The lowest BCUT2D eigenvalue weighted by Gasteiger charge is -2.25. The van der Waals surface area contributed by atoms with Gasteiger partial charge in [0.05, 0.1) is 5.69 Å². The summed E-state index contributed by atoms with van der Waals surface area (Å²) in [5.74, 6) is -0.155. The second-order valence-corrected chi connectivity index (χ2v) is 5.80. The van der Waals surface area contributed by atoms with Gasteiger partial charge in [0.15, 0.2) is 0 Å². The number of halogens is 1. The topological polar surface area (TPSA) is 29.3 Å². The molecule has 1 aliphatic heterocycles. The van der Waals surface area contributed by atoms with Crippen LogP contribution in [-0.4, -0.2) is 13.1 Å². The Labute approximate surface area is 103 Å². The van der Waals surface area contributed by atoms with E-state index in [1.807, 2.05) is 13.0 Å². The molecular weight excluding hydrogens is 215 g/mol. The maximum absolute atomic E-state index is 14.0. The third-order valence-corrected chi connectivity index (χ3v) is 3.50. The molecule has 0 aromatic heterocycles. The molecule has 0 unspecified atom stereocenters. The van der Waals surface area contributed by atoms with Crippen LogP contribution in [0, 0.1) is 11.2 Å². The van der Waals surface area contributed by atoms with Gasteiger partial charge in [-0.1, -0.05) is 26.0 Å². The highest BCUT2D eigenvalue weighted by molar-refractivity contribution is 5.57. The smallest absolute Gasteiger partial charge is 0.146 e. The number of anilines is 1. The highest BCUT2D eigenvalue weighted by Crippen LogP contribution is 2.36. The van der Waals surface area contributed by atoms with E-state index >= 15 is 0 Å². The lowest BCUT2D eigenvalue weighted by atomic mass is 9.93. The molecule has 0 bridgehead atoms. The zero-order valence-corrected chi connectivity index (χ0v) is 10.8. The van der Waals surface area contributed by atoms with Gasteiger partial charge in [-0.25, -0.2) is 4.39 Å². The average molecular weight is 236 g/mol. The minimum Gasteiger partial charge on any atom is -0.368 e. The van der Waals surface area contributed by atoms with Crippen molar-refractivity contribution in [1.29, 1.82) is 0 Å². The van der Waals surface area contributed by atoms with Crippen molar-refractivity contribution in [3.05, 3.63) is 29.6 Å². The molecule has 0 amide bonds. The van der Waals surface area contributed by atoms with Gasteiger partial charge in [0.25, 0.3) is 0 Å². The summed E-state index contributed by atoms with van der Waals surface area (Å²) in [6.45, 7) is 8.15. The van der Waals surface area contributed by atoms with Crippen molar-refractivity contribution in [3.8, 4) is 0 Å². The molecule has 1 heterocycles. The molecule has 2 nitrogen and oxygen atoms in total. The van der Waals surface area contributed by atoms with Gasteiger partial charge in [-0.2, -0.15) is 0 Å². The predicted octanol–water partition coefficient (Wildman–Crippen LogP) is 3.08. The average Bonchev–Trinajstić information content (AvgIpc) is 2.58. The predicted molar refractivity (Wildman–Crippen MR) is 69.6 cm³/mol. The molecule has 0 saturated carbocycles. The third-order valence-electron chi connectivity index (χ3n) is 3.50. The number of nitrogens with two attached hydrogens (primary N) is 1. The zero-order chi connectivity index (χ0) is 12.6. The normalized spacial score (nSPS) is 20.6. The van der Waals surface area contributed by atoms with E-state index in [-0.39, 0.29) is 17.3 Å². The van der Waals surface area contributed by atoms with Crippen LogP contribution in [0.15, 0.2) is 18.2 Å². The van der Waals surface area contributed by atoms with Crippen LogP contribution in [0.25, 0.3) is 0 Å². The Balaban J connectivity index is 2.38. The number of hydrogen-bond acceptors (Lipinski definition) is 2. The summed E-state index contributed by atoms with van der Waals surface area (Å²) in [4.78, 5) is 2.13. The molecule has 0 spiro atoms. The first-order valence-electron chi connectivity index (χ1n) is 6.20. The summed E-state index contributed by atoms with van der Waals surface area (Å²) in [5.41, 5.74) is 7.79. The Bertz CT molecular complexity index is 413. The van der Waals surface area contributed by atoms with Gasteiger partial charge in [-0.15, -0.1) is 0 Å².